The SMILES string of the molecule is CCC(OC)c1noc(-c2cc(N)n[nH]2)n1. The van der Waals surface area contributed by atoms with Crippen LogP contribution in [-0.4, -0.2) is 27.4 Å². The van der Waals surface area contributed by atoms with Gasteiger partial charge in [-0.05, 0) is 6.42 Å². The molecule has 0 saturated carbocycles. The minimum absolute atomic E-state index is 0.155. The maximum atomic E-state index is 5.48. The summed E-state index contributed by atoms with van der Waals surface area (Å²) in [5.41, 5.74) is 6.08. The Morgan fingerprint density at radius 2 is 2.44 bits per heavy atom. The number of nitrogens with zero attached hydrogens (tertiary/aromatic N) is 3. The first kappa shape index (κ1) is 10.6. The van der Waals surface area contributed by atoms with Crippen molar-refractivity contribution < 1.29 is 9.26 Å². The summed E-state index contributed by atoms with van der Waals surface area (Å²) in [6.45, 7) is 1.98. The molecule has 0 aliphatic rings. The van der Waals surface area contributed by atoms with Gasteiger partial charge in [0.25, 0.3) is 5.89 Å². The van der Waals surface area contributed by atoms with Gasteiger partial charge < -0.3 is 15.0 Å². The van der Waals surface area contributed by atoms with E-state index in [1.165, 1.54) is 0 Å². The third kappa shape index (κ3) is 1.89. The number of anilines is 1. The van der Waals surface area contributed by atoms with E-state index >= 15 is 0 Å². The van der Waals surface area contributed by atoms with Gasteiger partial charge in [0.1, 0.15) is 17.6 Å². The van der Waals surface area contributed by atoms with Crippen molar-refractivity contribution in [3.63, 3.8) is 0 Å². The second kappa shape index (κ2) is 4.31. The van der Waals surface area contributed by atoms with E-state index in [1.807, 2.05) is 6.92 Å². The van der Waals surface area contributed by atoms with Gasteiger partial charge in [-0.1, -0.05) is 12.1 Å². The summed E-state index contributed by atoms with van der Waals surface area (Å²) < 4.78 is 10.3. The number of hydrogen-bond donors (Lipinski definition) is 2. The Balaban J connectivity index is 2.25. The van der Waals surface area contributed by atoms with E-state index in [9.17, 15) is 0 Å². The number of nitrogens with two attached hydrogens (primary N) is 1. The van der Waals surface area contributed by atoms with Crippen molar-refractivity contribution in [1.82, 2.24) is 20.3 Å². The minimum Gasteiger partial charge on any atom is -0.382 e. The molecule has 3 N–H and O–H groups in total. The molecule has 0 radical (unpaired) electrons. The lowest BCUT2D eigenvalue weighted by atomic mass is 10.2. The number of aromatic amines is 1. The Labute approximate surface area is 92.0 Å². The monoisotopic (exact) mass is 223 g/mol. The number of rotatable bonds is 4. The molecular weight excluding hydrogens is 210 g/mol. The number of hydrogen-bond acceptors (Lipinski definition) is 6. The fraction of sp³-hybridized carbons (Fsp3) is 0.444. The third-order valence-corrected chi connectivity index (χ3v) is 2.21. The van der Waals surface area contributed by atoms with Crippen molar-refractivity contribution >= 4 is 5.82 Å². The Hall–Kier alpha value is -1.89. The summed E-state index contributed by atoms with van der Waals surface area (Å²) >= 11 is 0. The topological polar surface area (TPSA) is 103 Å². The molecule has 0 spiro atoms. The van der Waals surface area contributed by atoms with E-state index in [2.05, 4.69) is 20.3 Å². The van der Waals surface area contributed by atoms with Gasteiger partial charge in [-0.3, -0.25) is 5.10 Å². The van der Waals surface area contributed by atoms with Crippen LogP contribution in [0.1, 0.15) is 25.3 Å². The van der Waals surface area contributed by atoms with Crippen molar-refractivity contribution in [2.75, 3.05) is 12.8 Å². The lowest BCUT2D eigenvalue weighted by molar-refractivity contribution is 0.0903. The first-order valence-electron chi connectivity index (χ1n) is 4.92. The predicted molar refractivity (Wildman–Crippen MR) is 56.3 cm³/mol. The highest BCUT2D eigenvalue weighted by molar-refractivity contribution is 5.51. The smallest absolute Gasteiger partial charge is 0.276 e. The summed E-state index contributed by atoms with van der Waals surface area (Å²) in [7, 11) is 1.61. The zero-order valence-electron chi connectivity index (χ0n) is 9.10. The molecule has 1 unspecified atom stereocenters. The zero-order valence-corrected chi connectivity index (χ0v) is 9.10. The molecule has 2 aromatic rings. The normalized spacial score (nSPS) is 12.9. The van der Waals surface area contributed by atoms with E-state index in [-0.39, 0.29) is 6.10 Å². The van der Waals surface area contributed by atoms with Crippen LogP contribution < -0.4 is 5.73 Å². The number of nitrogen functional groups attached to an aromatic ring is 1. The fourth-order valence-corrected chi connectivity index (χ4v) is 1.38. The molecule has 2 aromatic heterocycles. The fourth-order valence-electron chi connectivity index (χ4n) is 1.38. The Morgan fingerprint density at radius 1 is 1.62 bits per heavy atom. The molecule has 7 nitrogen and oxygen atoms in total. The van der Waals surface area contributed by atoms with Crippen LogP contribution in [0.15, 0.2) is 10.6 Å². The molecule has 0 fully saturated rings. The maximum absolute atomic E-state index is 5.48. The molecule has 0 amide bonds. The van der Waals surface area contributed by atoms with Crippen molar-refractivity contribution in [2.24, 2.45) is 0 Å². The summed E-state index contributed by atoms with van der Waals surface area (Å²) in [6.07, 6.45) is 0.624. The predicted octanol–water partition coefficient (Wildman–Crippen LogP) is 1.14. The number of nitrogens with one attached hydrogen (secondary N) is 1. The van der Waals surface area contributed by atoms with Gasteiger partial charge in [0, 0.05) is 13.2 Å². The molecule has 2 rings (SSSR count). The van der Waals surface area contributed by atoms with Crippen molar-refractivity contribution in [3.8, 4) is 11.6 Å². The van der Waals surface area contributed by atoms with Crippen LogP contribution in [0.25, 0.3) is 11.6 Å². The maximum Gasteiger partial charge on any atom is 0.276 e. The lowest BCUT2D eigenvalue weighted by Gasteiger charge is -2.05. The van der Waals surface area contributed by atoms with Crippen LogP contribution in [0.4, 0.5) is 5.82 Å². The molecule has 0 aromatic carbocycles. The molecule has 16 heavy (non-hydrogen) atoms. The molecule has 1 atom stereocenters. The number of H-pyrrole nitrogens is 1. The standard InChI is InChI=1S/C9H13N5O2/c1-3-6(15-2)8-11-9(16-14-8)5-4-7(10)13-12-5/h4,6H,3H2,1-2H3,(H3,10,12,13). The molecule has 0 aliphatic carbocycles. The molecule has 0 bridgehead atoms. The van der Waals surface area contributed by atoms with E-state index in [0.29, 0.717) is 23.2 Å². The van der Waals surface area contributed by atoms with Crippen LogP contribution >= 0.6 is 0 Å². The largest absolute Gasteiger partial charge is 0.382 e. The van der Waals surface area contributed by atoms with Crippen molar-refractivity contribution in [1.29, 1.82) is 0 Å². The molecule has 0 saturated heterocycles. The van der Waals surface area contributed by atoms with E-state index < -0.39 is 0 Å². The minimum atomic E-state index is -0.155. The van der Waals surface area contributed by atoms with Gasteiger partial charge in [-0.15, -0.1) is 0 Å². The summed E-state index contributed by atoms with van der Waals surface area (Å²) in [6, 6.07) is 1.63. The highest BCUT2D eigenvalue weighted by atomic mass is 16.5. The first-order valence-corrected chi connectivity index (χ1v) is 4.92. The van der Waals surface area contributed by atoms with Gasteiger partial charge in [0.15, 0.2) is 0 Å². The van der Waals surface area contributed by atoms with E-state index in [4.69, 9.17) is 15.0 Å². The average molecular weight is 223 g/mol. The molecule has 7 heteroatoms. The van der Waals surface area contributed by atoms with Crippen LogP contribution in [0.5, 0.6) is 0 Å². The highest BCUT2D eigenvalue weighted by Gasteiger charge is 2.17. The van der Waals surface area contributed by atoms with Crippen LogP contribution in [0.2, 0.25) is 0 Å². The summed E-state index contributed by atoms with van der Waals surface area (Å²) in [5.74, 6) is 1.26. The van der Waals surface area contributed by atoms with Gasteiger partial charge >= 0.3 is 0 Å². The Morgan fingerprint density at radius 3 is 3.00 bits per heavy atom. The van der Waals surface area contributed by atoms with Crippen molar-refractivity contribution in [2.45, 2.75) is 19.4 Å². The Kier molecular flexibility index (Phi) is 2.86. The average Bonchev–Trinajstić information content (AvgIpc) is 2.89. The third-order valence-electron chi connectivity index (χ3n) is 2.21. The number of aromatic nitrogens is 4. The first-order chi connectivity index (χ1) is 7.74. The second-order valence-electron chi connectivity index (χ2n) is 3.30. The van der Waals surface area contributed by atoms with Crippen LogP contribution in [0.3, 0.4) is 0 Å². The zero-order chi connectivity index (χ0) is 11.5. The molecule has 0 aliphatic heterocycles. The highest BCUT2D eigenvalue weighted by Crippen LogP contribution is 2.21. The van der Waals surface area contributed by atoms with E-state index in [1.54, 1.807) is 13.2 Å². The summed E-state index contributed by atoms with van der Waals surface area (Å²) in [4.78, 5) is 4.21. The van der Waals surface area contributed by atoms with Crippen LogP contribution in [-0.2, 0) is 4.74 Å². The van der Waals surface area contributed by atoms with E-state index in [0.717, 1.165) is 6.42 Å². The van der Waals surface area contributed by atoms with Gasteiger partial charge in [-0.2, -0.15) is 10.1 Å². The number of ether oxygens (including phenoxy) is 1. The molecule has 86 valence electrons. The lowest BCUT2D eigenvalue weighted by Crippen LogP contribution is -2.01. The van der Waals surface area contributed by atoms with Crippen LogP contribution in [0, 0.1) is 0 Å². The Bertz CT molecular complexity index is 460. The second-order valence-corrected chi connectivity index (χ2v) is 3.30. The quantitative estimate of drug-likeness (QED) is 0.805. The van der Waals surface area contributed by atoms with Gasteiger partial charge in [0.2, 0.25) is 5.82 Å². The molecular formula is C9H13N5O2. The number of methoxy groups -OCH3 is 1. The van der Waals surface area contributed by atoms with Crippen molar-refractivity contribution in [3.05, 3.63) is 11.9 Å². The summed E-state index contributed by atoms with van der Waals surface area (Å²) in [5, 5.41) is 10.3. The van der Waals surface area contributed by atoms with Gasteiger partial charge in [-0.25, -0.2) is 0 Å². The molecule has 2 heterocycles. The van der Waals surface area contributed by atoms with Gasteiger partial charge in [0.05, 0.1) is 0 Å².